The quantitative estimate of drug-likeness (QED) is 0.174. The van der Waals surface area contributed by atoms with Crippen LogP contribution in [0.3, 0.4) is 0 Å². The third-order valence-electron chi connectivity index (χ3n) is 8.63. The van der Waals surface area contributed by atoms with E-state index in [1.165, 1.54) is 29.2 Å². The highest BCUT2D eigenvalue weighted by atomic mass is 35.5. The number of nitrogens with zero attached hydrogens (tertiary/aromatic N) is 2. The van der Waals surface area contributed by atoms with Crippen LogP contribution in [0.15, 0.2) is 108 Å². The zero-order chi connectivity index (χ0) is 33.4. The van der Waals surface area contributed by atoms with Crippen LogP contribution in [0.25, 0.3) is 0 Å². The van der Waals surface area contributed by atoms with Crippen molar-refractivity contribution < 1.29 is 22.4 Å². The van der Waals surface area contributed by atoms with E-state index in [9.17, 15) is 22.4 Å². The number of amides is 2. The van der Waals surface area contributed by atoms with E-state index in [1.807, 2.05) is 61.5 Å². The molecule has 1 aliphatic carbocycles. The smallest absolute Gasteiger partial charge is 0.264 e. The zero-order valence-electron chi connectivity index (χ0n) is 26.3. The molecule has 5 rings (SSSR count). The van der Waals surface area contributed by atoms with Gasteiger partial charge in [-0.25, -0.2) is 12.8 Å². The number of anilines is 1. The first-order valence-corrected chi connectivity index (χ1v) is 17.7. The molecule has 1 saturated carbocycles. The average Bonchev–Trinajstić information content (AvgIpc) is 3.08. The minimum atomic E-state index is -4.32. The summed E-state index contributed by atoms with van der Waals surface area (Å²) in [6.07, 6.45) is 5.12. The standard InChI is InChI=1S/C37H39ClFN3O4S/c1-27-13-11-12-16-29(27)25-41(35(23-28-14-5-2-6-15-28)37(44)40-30-17-7-3-8-18-30)36(43)26-42(31-21-22-34(39)33(38)24-31)47(45,46)32-19-9-4-10-20-32/h2,4-6,9-16,19-22,24,30,35H,3,7-8,17-18,23,25-26H2,1H3,(H,40,44). The monoisotopic (exact) mass is 675 g/mol. The first-order valence-electron chi connectivity index (χ1n) is 15.8. The summed E-state index contributed by atoms with van der Waals surface area (Å²) in [5, 5.41) is 2.92. The summed E-state index contributed by atoms with van der Waals surface area (Å²) in [6, 6.07) is 27.4. The first-order chi connectivity index (χ1) is 22.6. The molecule has 0 radical (unpaired) electrons. The summed E-state index contributed by atoms with van der Waals surface area (Å²) in [7, 11) is -4.32. The van der Waals surface area contributed by atoms with Gasteiger partial charge in [-0.3, -0.25) is 13.9 Å². The summed E-state index contributed by atoms with van der Waals surface area (Å²) in [5.41, 5.74) is 2.64. The Labute approximate surface area is 281 Å². The number of rotatable bonds is 12. The molecule has 246 valence electrons. The number of nitrogens with one attached hydrogen (secondary N) is 1. The molecule has 2 amide bonds. The number of benzene rings is 4. The molecule has 0 bridgehead atoms. The van der Waals surface area contributed by atoms with E-state index in [0.717, 1.165) is 59.2 Å². The minimum absolute atomic E-state index is 0.00116. The lowest BCUT2D eigenvalue weighted by Crippen LogP contribution is -2.55. The van der Waals surface area contributed by atoms with Crippen LogP contribution in [0, 0.1) is 12.7 Å². The topological polar surface area (TPSA) is 86.8 Å². The maximum Gasteiger partial charge on any atom is 0.264 e. The normalized spacial score (nSPS) is 14.3. The van der Waals surface area contributed by atoms with Crippen LogP contribution in [-0.2, 0) is 32.6 Å². The van der Waals surface area contributed by atoms with E-state index >= 15 is 0 Å². The highest BCUT2D eigenvalue weighted by molar-refractivity contribution is 7.92. The highest BCUT2D eigenvalue weighted by Crippen LogP contribution is 2.29. The van der Waals surface area contributed by atoms with Gasteiger partial charge < -0.3 is 10.2 Å². The number of aryl methyl sites for hydroxylation is 1. The van der Waals surface area contributed by atoms with Crippen molar-refractivity contribution in [1.29, 1.82) is 0 Å². The molecule has 7 nitrogen and oxygen atoms in total. The van der Waals surface area contributed by atoms with Gasteiger partial charge >= 0.3 is 0 Å². The SMILES string of the molecule is Cc1ccccc1CN(C(=O)CN(c1ccc(F)c(Cl)c1)S(=O)(=O)c1ccccc1)C(Cc1ccccc1)C(=O)NC1CCCCC1. The lowest BCUT2D eigenvalue weighted by Gasteiger charge is -2.35. The third kappa shape index (κ3) is 8.58. The van der Waals surface area contributed by atoms with E-state index in [-0.39, 0.29) is 40.5 Å². The average molecular weight is 676 g/mol. The Morgan fingerprint density at radius 3 is 2.19 bits per heavy atom. The van der Waals surface area contributed by atoms with Crippen LogP contribution in [-0.4, -0.2) is 43.8 Å². The summed E-state index contributed by atoms with van der Waals surface area (Å²) in [6.45, 7) is 1.36. The number of hydrogen-bond donors (Lipinski definition) is 1. The number of carbonyl (C=O) groups excluding carboxylic acids is 2. The second kappa shape index (κ2) is 15.6. The van der Waals surface area contributed by atoms with E-state index in [0.29, 0.717) is 0 Å². The van der Waals surface area contributed by atoms with Gasteiger partial charge in [-0.2, -0.15) is 0 Å². The van der Waals surface area contributed by atoms with Crippen LogP contribution in [0.2, 0.25) is 5.02 Å². The second-order valence-corrected chi connectivity index (χ2v) is 14.2. The van der Waals surface area contributed by atoms with Crippen molar-refractivity contribution in [3.63, 3.8) is 0 Å². The minimum Gasteiger partial charge on any atom is -0.352 e. The largest absolute Gasteiger partial charge is 0.352 e. The van der Waals surface area contributed by atoms with Crippen molar-refractivity contribution >= 4 is 39.1 Å². The molecule has 0 saturated heterocycles. The van der Waals surface area contributed by atoms with Gasteiger partial charge in [-0.1, -0.05) is 104 Å². The molecule has 0 aliphatic heterocycles. The molecule has 1 fully saturated rings. The lowest BCUT2D eigenvalue weighted by atomic mass is 9.94. The summed E-state index contributed by atoms with van der Waals surface area (Å²) in [5.74, 6) is -1.60. The Balaban J connectivity index is 1.58. The Morgan fingerprint density at radius 2 is 1.53 bits per heavy atom. The summed E-state index contributed by atoms with van der Waals surface area (Å²) >= 11 is 6.11. The fraction of sp³-hybridized carbons (Fsp3) is 0.297. The molecule has 1 unspecified atom stereocenters. The molecule has 1 N–H and O–H groups in total. The van der Waals surface area contributed by atoms with Crippen molar-refractivity contribution in [2.75, 3.05) is 10.8 Å². The molecule has 1 atom stereocenters. The molecule has 4 aromatic rings. The molecule has 0 aromatic heterocycles. The van der Waals surface area contributed by atoms with Gasteiger partial charge in [0.2, 0.25) is 11.8 Å². The fourth-order valence-electron chi connectivity index (χ4n) is 5.96. The number of halogens is 2. The Hall–Kier alpha value is -4.21. The molecule has 10 heteroatoms. The van der Waals surface area contributed by atoms with E-state index in [4.69, 9.17) is 11.6 Å². The van der Waals surface area contributed by atoms with Crippen molar-refractivity contribution in [3.05, 3.63) is 131 Å². The first kappa shape index (κ1) is 34.1. The predicted molar refractivity (Wildman–Crippen MR) is 183 cm³/mol. The van der Waals surface area contributed by atoms with E-state index < -0.39 is 34.3 Å². The Kier molecular flexibility index (Phi) is 11.3. The molecule has 0 spiro atoms. The molecular weight excluding hydrogens is 637 g/mol. The molecule has 0 heterocycles. The predicted octanol–water partition coefficient (Wildman–Crippen LogP) is 7.07. The molecule has 47 heavy (non-hydrogen) atoms. The maximum absolute atomic E-state index is 14.6. The summed E-state index contributed by atoms with van der Waals surface area (Å²) < 4.78 is 43.3. The van der Waals surface area contributed by atoms with E-state index in [1.54, 1.807) is 18.2 Å². The van der Waals surface area contributed by atoms with Gasteiger partial charge in [0.05, 0.1) is 15.6 Å². The highest BCUT2D eigenvalue weighted by Gasteiger charge is 2.35. The third-order valence-corrected chi connectivity index (χ3v) is 10.7. The van der Waals surface area contributed by atoms with Crippen LogP contribution in [0.5, 0.6) is 0 Å². The van der Waals surface area contributed by atoms with Crippen molar-refractivity contribution in [2.24, 2.45) is 0 Å². The second-order valence-electron chi connectivity index (χ2n) is 11.9. The Bertz CT molecular complexity index is 1780. The number of hydrogen-bond acceptors (Lipinski definition) is 4. The zero-order valence-corrected chi connectivity index (χ0v) is 27.9. The van der Waals surface area contributed by atoms with E-state index in [2.05, 4.69) is 5.32 Å². The van der Waals surface area contributed by atoms with Gasteiger partial charge in [-0.05, 0) is 66.8 Å². The van der Waals surface area contributed by atoms with Crippen LogP contribution < -0.4 is 9.62 Å². The molecule has 4 aromatic carbocycles. The van der Waals surface area contributed by atoms with Gasteiger partial charge in [0.1, 0.15) is 18.4 Å². The molecule has 1 aliphatic rings. The van der Waals surface area contributed by atoms with Crippen molar-refractivity contribution in [1.82, 2.24) is 10.2 Å². The molecular formula is C37H39ClFN3O4S. The van der Waals surface area contributed by atoms with Crippen LogP contribution in [0.1, 0.15) is 48.8 Å². The van der Waals surface area contributed by atoms with Gasteiger partial charge in [0.25, 0.3) is 10.0 Å². The fourth-order valence-corrected chi connectivity index (χ4v) is 7.56. The van der Waals surface area contributed by atoms with Crippen molar-refractivity contribution in [2.45, 2.75) is 69.0 Å². The lowest BCUT2D eigenvalue weighted by molar-refractivity contribution is -0.140. The van der Waals surface area contributed by atoms with Crippen LogP contribution >= 0.6 is 11.6 Å². The van der Waals surface area contributed by atoms with Crippen LogP contribution in [0.4, 0.5) is 10.1 Å². The number of carbonyl (C=O) groups is 2. The van der Waals surface area contributed by atoms with Gasteiger partial charge in [0.15, 0.2) is 0 Å². The van der Waals surface area contributed by atoms with Gasteiger partial charge in [-0.15, -0.1) is 0 Å². The Morgan fingerprint density at radius 1 is 0.894 bits per heavy atom. The maximum atomic E-state index is 14.6. The number of sulfonamides is 1. The van der Waals surface area contributed by atoms with Crippen molar-refractivity contribution in [3.8, 4) is 0 Å². The van der Waals surface area contributed by atoms with Gasteiger partial charge in [0, 0.05) is 19.0 Å². The summed E-state index contributed by atoms with van der Waals surface area (Å²) in [4.78, 5) is 30.3.